The summed E-state index contributed by atoms with van der Waals surface area (Å²) in [5.41, 5.74) is 4.52. The summed E-state index contributed by atoms with van der Waals surface area (Å²) in [5, 5.41) is 14.4. The maximum absolute atomic E-state index is 13.1. The Morgan fingerprint density at radius 3 is 2.57 bits per heavy atom. The van der Waals surface area contributed by atoms with Gasteiger partial charge in [0.2, 0.25) is 11.8 Å². The Balaban J connectivity index is 1.75. The molecule has 0 radical (unpaired) electrons. The third-order valence-corrected chi connectivity index (χ3v) is 5.80. The van der Waals surface area contributed by atoms with Crippen LogP contribution >= 0.6 is 0 Å². The van der Waals surface area contributed by atoms with Crippen LogP contribution in [0.15, 0.2) is 42.5 Å². The van der Waals surface area contributed by atoms with Gasteiger partial charge in [0.05, 0.1) is 24.9 Å². The van der Waals surface area contributed by atoms with Gasteiger partial charge in [-0.2, -0.15) is 0 Å². The van der Waals surface area contributed by atoms with E-state index in [1.807, 2.05) is 18.2 Å². The molecule has 2 bridgehead atoms. The topological polar surface area (TPSA) is 126 Å². The molecule has 3 amide bonds. The van der Waals surface area contributed by atoms with Gasteiger partial charge in [0, 0.05) is 13.0 Å². The van der Waals surface area contributed by atoms with Gasteiger partial charge in [-0.15, -0.1) is 0 Å². The van der Waals surface area contributed by atoms with Crippen molar-refractivity contribution in [2.45, 2.75) is 57.5 Å². The predicted octanol–water partition coefficient (Wildman–Crippen LogP) is 3.60. The van der Waals surface area contributed by atoms with E-state index in [9.17, 15) is 14.4 Å². The summed E-state index contributed by atoms with van der Waals surface area (Å²) in [6.07, 6.45) is 3.67. The van der Waals surface area contributed by atoms with Gasteiger partial charge < -0.3 is 20.1 Å². The molecule has 0 spiro atoms. The maximum Gasteiger partial charge on any atom is 0.253 e. The molecule has 0 saturated carbocycles. The van der Waals surface area contributed by atoms with E-state index in [-0.39, 0.29) is 24.7 Å². The number of methoxy groups -OCH3 is 1. The number of benzene rings is 2. The van der Waals surface area contributed by atoms with Crippen LogP contribution in [-0.4, -0.2) is 42.7 Å². The SMILES string of the molecule is COc1cc2cc(c1)CC(=O)Nc1ccccc1NC(=O)[C@H](CCCCCC(=O)NO)OCCC2. The number of aryl methyl sites for hydroxylation is 1. The highest BCUT2D eigenvalue weighted by Crippen LogP contribution is 2.24. The van der Waals surface area contributed by atoms with E-state index in [0.29, 0.717) is 49.4 Å². The lowest BCUT2D eigenvalue weighted by Gasteiger charge is -2.19. The molecule has 0 unspecified atom stereocenters. The number of hydrogen-bond donors (Lipinski definition) is 4. The number of carbonyl (C=O) groups excluding carboxylic acids is 3. The monoisotopic (exact) mass is 483 g/mol. The van der Waals surface area contributed by atoms with Crippen LogP contribution < -0.4 is 20.9 Å². The molecule has 0 aromatic heterocycles. The number of amides is 3. The molecule has 188 valence electrons. The molecule has 9 heteroatoms. The van der Waals surface area contributed by atoms with Crippen molar-refractivity contribution in [3.63, 3.8) is 0 Å². The minimum absolute atomic E-state index is 0.180. The average Bonchev–Trinajstić information content (AvgIpc) is 2.85. The van der Waals surface area contributed by atoms with Crippen LogP contribution in [0.2, 0.25) is 0 Å². The van der Waals surface area contributed by atoms with Crippen LogP contribution in [0.5, 0.6) is 5.75 Å². The van der Waals surface area contributed by atoms with Gasteiger partial charge >= 0.3 is 0 Å². The van der Waals surface area contributed by atoms with E-state index < -0.39 is 12.0 Å². The maximum atomic E-state index is 13.1. The van der Waals surface area contributed by atoms with Crippen LogP contribution in [0.25, 0.3) is 0 Å². The Morgan fingerprint density at radius 1 is 1.09 bits per heavy atom. The molecule has 35 heavy (non-hydrogen) atoms. The summed E-state index contributed by atoms with van der Waals surface area (Å²) in [7, 11) is 1.60. The van der Waals surface area contributed by atoms with E-state index >= 15 is 0 Å². The lowest BCUT2D eigenvalue weighted by molar-refractivity contribution is -0.129. The summed E-state index contributed by atoms with van der Waals surface area (Å²) in [6, 6.07) is 12.9. The van der Waals surface area contributed by atoms with E-state index in [2.05, 4.69) is 10.6 Å². The van der Waals surface area contributed by atoms with Crippen molar-refractivity contribution in [3.8, 4) is 5.75 Å². The van der Waals surface area contributed by atoms with Crippen molar-refractivity contribution in [1.82, 2.24) is 5.48 Å². The highest BCUT2D eigenvalue weighted by atomic mass is 16.5. The van der Waals surface area contributed by atoms with Crippen LogP contribution in [0.1, 0.15) is 49.7 Å². The van der Waals surface area contributed by atoms with Crippen molar-refractivity contribution < 1.29 is 29.1 Å². The highest BCUT2D eigenvalue weighted by Gasteiger charge is 2.21. The second-order valence-corrected chi connectivity index (χ2v) is 8.55. The van der Waals surface area contributed by atoms with E-state index in [1.165, 1.54) is 0 Å². The smallest absolute Gasteiger partial charge is 0.253 e. The third-order valence-electron chi connectivity index (χ3n) is 5.80. The zero-order valence-electron chi connectivity index (χ0n) is 20.0. The standard InChI is InChI=1S/C26H33N3O6/c1-34-20-15-18-8-7-13-35-23(11-3-2-4-12-24(30)29-33)26(32)28-22-10-6-5-9-21(22)27-25(31)17-19(14-18)16-20/h5-6,9-10,14-16,23,33H,2-4,7-8,11-13,17H2,1H3,(H,27,31)(H,28,32)(H,29,30)/t23-/m0/s1. The fourth-order valence-electron chi connectivity index (χ4n) is 4.03. The van der Waals surface area contributed by atoms with Gasteiger partial charge in [0.15, 0.2) is 0 Å². The number of ether oxygens (including phenoxy) is 2. The second kappa shape index (κ2) is 13.5. The van der Waals surface area contributed by atoms with Crippen molar-refractivity contribution in [2.24, 2.45) is 0 Å². The first-order chi connectivity index (χ1) is 17.0. The Morgan fingerprint density at radius 2 is 1.83 bits per heavy atom. The van der Waals surface area contributed by atoms with Crippen molar-refractivity contribution >= 4 is 29.1 Å². The first kappa shape index (κ1) is 26.2. The first-order valence-electron chi connectivity index (χ1n) is 11.9. The predicted molar refractivity (Wildman–Crippen MR) is 131 cm³/mol. The quantitative estimate of drug-likeness (QED) is 0.271. The lowest BCUT2D eigenvalue weighted by atomic mass is 10.0. The number of hydroxylamine groups is 1. The van der Waals surface area contributed by atoms with Crippen LogP contribution in [0, 0.1) is 0 Å². The fraction of sp³-hybridized carbons (Fsp3) is 0.423. The molecule has 1 heterocycles. The van der Waals surface area contributed by atoms with E-state index in [4.69, 9.17) is 14.7 Å². The van der Waals surface area contributed by atoms with Crippen LogP contribution in [0.3, 0.4) is 0 Å². The summed E-state index contributed by atoms with van der Waals surface area (Å²) in [6.45, 7) is 0.399. The second-order valence-electron chi connectivity index (χ2n) is 8.55. The number of rotatable bonds is 7. The van der Waals surface area contributed by atoms with Gasteiger partial charge in [-0.05, 0) is 61.1 Å². The van der Waals surface area contributed by atoms with Gasteiger partial charge in [0.25, 0.3) is 5.91 Å². The fourth-order valence-corrected chi connectivity index (χ4v) is 4.03. The molecular formula is C26H33N3O6. The number of unbranched alkanes of at least 4 members (excludes halogenated alkanes) is 2. The Labute approximate surface area is 205 Å². The normalized spacial score (nSPS) is 16.7. The summed E-state index contributed by atoms with van der Waals surface area (Å²) >= 11 is 0. The number of fused-ring (bicyclic) bond motifs is 3. The molecule has 0 saturated heterocycles. The molecule has 2 aromatic rings. The molecule has 4 N–H and O–H groups in total. The number of para-hydroxylation sites is 2. The van der Waals surface area contributed by atoms with Crippen molar-refractivity contribution in [3.05, 3.63) is 53.6 Å². The van der Waals surface area contributed by atoms with Gasteiger partial charge in [-0.3, -0.25) is 19.6 Å². The zero-order chi connectivity index (χ0) is 25.0. The Kier molecular flexibility index (Phi) is 10.1. The molecule has 9 nitrogen and oxygen atoms in total. The van der Waals surface area contributed by atoms with E-state index in [0.717, 1.165) is 24.0 Å². The number of hydrogen-bond acceptors (Lipinski definition) is 6. The molecule has 1 aliphatic rings. The summed E-state index contributed by atoms with van der Waals surface area (Å²) in [4.78, 5) is 37.0. The van der Waals surface area contributed by atoms with Crippen molar-refractivity contribution in [1.29, 1.82) is 0 Å². The molecule has 1 atom stereocenters. The Hall–Kier alpha value is -3.43. The highest BCUT2D eigenvalue weighted by molar-refractivity contribution is 6.01. The lowest BCUT2D eigenvalue weighted by Crippen LogP contribution is -2.31. The first-order valence-corrected chi connectivity index (χ1v) is 11.9. The zero-order valence-corrected chi connectivity index (χ0v) is 20.0. The summed E-state index contributed by atoms with van der Waals surface area (Å²) in [5.74, 6) is -0.204. The minimum atomic E-state index is -0.670. The number of carbonyl (C=O) groups is 3. The molecular weight excluding hydrogens is 450 g/mol. The number of nitrogens with one attached hydrogen (secondary N) is 3. The van der Waals surface area contributed by atoms with Gasteiger partial charge in [-0.25, -0.2) is 5.48 Å². The number of anilines is 2. The minimum Gasteiger partial charge on any atom is -0.497 e. The summed E-state index contributed by atoms with van der Waals surface area (Å²) < 4.78 is 11.4. The molecule has 0 aliphatic carbocycles. The third kappa shape index (κ3) is 8.38. The van der Waals surface area contributed by atoms with Crippen LogP contribution in [-0.2, 0) is 32.0 Å². The van der Waals surface area contributed by atoms with Crippen molar-refractivity contribution in [2.75, 3.05) is 24.4 Å². The average molecular weight is 484 g/mol. The molecule has 1 aliphatic heterocycles. The van der Waals surface area contributed by atoms with Gasteiger partial charge in [-0.1, -0.05) is 31.0 Å². The largest absolute Gasteiger partial charge is 0.497 e. The molecule has 0 fully saturated rings. The molecule has 3 rings (SSSR count). The Bertz CT molecular complexity index is 1030. The van der Waals surface area contributed by atoms with Gasteiger partial charge in [0.1, 0.15) is 11.9 Å². The van der Waals surface area contributed by atoms with E-state index in [1.54, 1.807) is 36.9 Å². The van der Waals surface area contributed by atoms with Crippen LogP contribution in [0.4, 0.5) is 11.4 Å². The molecule has 2 aromatic carbocycles.